The molecule has 0 aliphatic rings. The molecule has 0 unspecified atom stereocenters. The van der Waals surface area contributed by atoms with E-state index in [-0.39, 0.29) is 5.13 Å². The first-order valence-corrected chi connectivity index (χ1v) is 8.56. The van der Waals surface area contributed by atoms with Crippen molar-refractivity contribution in [1.29, 1.82) is 0 Å². The van der Waals surface area contributed by atoms with Gasteiger partial charge < -0.3 is 0 Å². The Hall–Kier alpha value is -0.750. The molecule has 0 aliphatic carbocycles. The molecule has 6 heteroatoms. The quantitative estimate of drug-likeness (QED) is 0.535. The molecule has 0 radical (unpaired) electrons. The maximum atomic E-state index is 13.0. The van der Waals surface area contributed by atoms with Gasteiger partial charge in [-0.15, -0.1) is 11.3 Å². The fraction of sp³-hybridized carbons (Fsp3) is 0.0714. The topological polar surface area (TPSA) is 12.9 Å². The van der Waals surface area contributed by atoms with Crippen LogP contribution in [0.4, 0.5) is 4.39 Å². The summed E-state index contributed by atoms with van der Waals surface area (Å²) in [7, 11) is 0. The van der Waals surface area contributed by atoms with Crippen molar-refractivity contribution in [2.45, 2.75) is 6.42 Å². The normalized spacial score (nSPS) is 10.9. The summed E-state index contributed by atoms with van der Waals surface area (Å²) in [6.45, 7) is 0. The fourth-order valence-corrected chi connectivity index (χ4v) is 4.15. The van der Waals surface area contributed by atoms with E-state index < -0.39 is 0 Å². The van der Waals surface area contributed by atoms with Crippen LogP contribution in [-0.2, 0) is 6.42 Å². The molecule has 3 aromatic rings. The molecule has 0 atom stereocenters. The van der Waals surface area contributed by atoms with Crippen LogP contribution in [0.25, 0.3) is 9.88 Å². The Labute approximate surface area is 137 Å². The van der Waals surface area contributed by atoms with E-state index in [1.54, 1.807) is 11.3 Å². The predicted octanol–water partition coefficient (Wildman–Crippen LogP) is 6.02. The van der Waals surface area contributed by atoms with Gasteiger partial charge in [0.05, 0.1) is 11.1 Å². The summed E-state index contributed by atoms with van der Waals surface area (Å²) < 4.78 is 14.0. The van der Waals surface area contributed by atoms with Crippen LogP contribution >= 0.6 is 50.2 Å². The van der Waals surface area contributed by atoms with Crippen LogP contribution < -0.4 is 0 Å². The molecule has 0 fully saturated rings. The minimum atomic E-state index is -0.259. The van der Waals surface area contributed by atoms with Gasteiger partial charge in [0.15, 0.2) is 5.13 Å². The number of hydrogen-bond acceptors (Lipinski definition) is 3. The minimum absolute atomic E-state index is 0.259. The summed E-state index contributed by atoms with van der Waals surface area (Å²) in [6, 6.07) is 9.83. The lowest BCUT2D eigenvalue weighted by atomic mass is 10.1. The van der Waals surface area contributed by atoms with E-state index in [9.17, 15) is 4.39 Å². The molecule has 3 rings (SSSR count). The summed E-state index contributed by atoms with van der Waals surface area (Å²) in [5.41, 5.74) is 1.07. The van der Waals surface area contributed by atoms with Gasteiger partial charge in [-0.2, -0.15) is 4.39 Å². The van der Waals surface area contributed by atoms with Gasteiger partial charge in [-0.05, 0) is 35.9 Å². The largest absolute Gasteiger partial charge is 0.240 e. The standard InChI is InChI=1S/C14H8BrClFNS2/c15-9-1-3-11(16)8(5-9)6-10-2-4-12(19-10)14-18-7-13(17)20-14/h1-5,7H,6H2. The molecule has 0 saturated carbocycles. The second kappa shape index (κ2) is 5.93. The van der Waals surface area contributed by atoms with Crippen molar-refractivity contribution < 1.29 is 4.39 Å². The van der Waals surface area contributed by atoms with Gasteiger partial charge in [0.25, 0.3) is 0 Å². The van der Waals surface area contributed by atoms with Gasteiger partial charge in [0.2, 0.25) is 0 Å². The number of thiazole rings is 1. The number of hydrogen-bond donors (Lipinski definition) is 0. The van der Waals surface area contributed by atoms with E-state index in [2.05, 4.69) is 20.9 Å². The Morgan fingerprint density at radius 1 is 1.20 bits per heavy atom. The number of aromatic nitrogens is 1. The second-order valence-electron chi connectivity index (χ2n) is 4.15. The van der Waals surface area contributed by atoms with Crippen molar-refractivity contribution in [2.24, 2.45) is 0 Å². The van der Waals surface area contributed by atoms with Gasteiger partial charge in [-0.1, -0.05) is 38.9 Å². The number of benzene rings is 1. The van der Waals surface area contributed by atoms with Crippen LogP contribution in [0.3, 0.4) is 0 Å². The molecule has 0 bridgehead atoms. The van der Waals surface area contributed by atoms with Crippen molar-refractivity contribution >= 4 is 50.2 Å². The Morgan fingerprint density at radius 3 is 2.80 bits per heavy atom. The number of thiophene rings is 1. The third kappa shape index (κ3) is 3.11. The Bertz CT molecular complexity index is 753. The van der Waals surface area contributed by atoms with Crippen LogP contribution in [0.15, 0.2) is 41.0 Å². The molecule has 2 aromatic heterocycles. The summed E-state index contributed by atoms with van der Waals surface area (Å²) in [4.78, 5) is 6.22. The maximum absolute atomic E-state index is 13.0. The molecular weight excluding hydrogens is 381 g/mol. The third-order valence-corrected chi connectivity index (χ3v) is 5.62. The van der Waals surface area contributed by atoms with Crippen LogP contribution in [0.2, 0.25) is 5.02 Å². The Balaban J connectivity index is 1.85. The second-order valence-corrected chi connectivity index (χ2v) is 7.62. The molecule has 0 spiro atoms. The van der Waals surface area contributed by atoms with Crippen LogP contribution in [0.5, 0.6) is 0 Å². The molecule has 1 aromatic carbocycles. The smallest absolute Gasteiger partial charge is 0.196 e. The molecule has 0 N–H and O–H groups in total. The Morgan fingerprint density at radius 2 is 2.05 bits per heavy atom. The van der Waals surface area contributed by atoms with Gasteiger partial charge in [-0.3, -0.25) is 0 Å². The van der Waals surface area contributed by atoms with Gasteiger partial charge in [0.1, 0.15) is 5.01 Å². The molecular formula is C14H8BrClFNS2. The van der Waals surface area contributed by atoms with Crippen molar-refractivity contribution in [3.05, 3.63) is 61.6 Å². The van der Waals surface area contributed by atoms with Crippen LogP contribution in [0.1, 0.15) is 10.4 Å². The highest BCUT2D eigenvalue weighted by Crippen LogP contribution is 2.33. The van der Waals surface area contributed by atoms with Crippen molar-refractivity contribution in [3.8, 4) is 9.88 Å². The lowest BCUT2D eigenvalue weighted by Gasteiger charge is -2.03. The molecule has 20 heavy (non-hydrogen) atoms. The molecule has 102 valence electrons. The lowest BCUT2D eigenvalue weighted by Crippen LogP contribution is -1.86. The number of rotatable bonds is 3. The van der Waals surface area contributed by atoms with Crippen molar-refractivity contribution in [3.63, 3.8) is 0 Å². The maximum Gasteiger partial charge on any atom is 0.196 e. The van der Waals surface area contributed by atoms with Gasteiger partial charge in [-0.25, -0.2) is 4.98 Å². The van der Waals surface area contributed by atoms with Crippen molar-refractivity contribution in [1.82, 2.24) is 4.98 Å². The highest BCUT2D eigenvalue weighted by atomic mass is 79.9. The van der Waals surface area contributed by atoms with E-state index in [1.807, 2.05) is 30.3 Å². The lowest BCUT2D eigenvalue weighted by molar-refractivity contribution is 0.653. The number of nitrogens with zero attached hydrogens (tertiary/aromatic N) is 1. The monoisotopic (exact) mass is 387 g/mol. The first kappa shape index (κ1) is 14.2. The number of halogens is 3. The Kier molecular flexibility index (Phi) is 4.21. The predicted molar refractivity (Wildman–Crippen MR) is 87.3 cm³/mol. The zero-order valence-electron chi connectivity index (χ0n) is 10.1. The first-order valence-electron chi connectivity index (χ1n) is 5.76. The summed E-state index contributed by atoms with van der Waals surface area (Å²) in [5.74, 6) is 0. The molecule has 0 aliphatic heterocycles. The van der Waals surface area contributed by atoms with Crippen LogP contribution in [0, 0.1) is 5.13 Å². The van der Waals surface area contributed by atoms with Crippen molar-refractivity contribution in [2.75, 3.05) is 0 Å². The van der Waals surface area contributed by atoms with E-state index in [1.165, 1.54) is 11.1 Å². The summed E-state index contributed by atoms with van der Waals surface area (Å²) >= 11 is 12.3. The van der Waals surface area contributed by atoms with Gasteiger partial charge >= 0.3 is 0 Å². The van der Waals surface area contributed by atoms with Crippen LogP contribution in [-0.4, -0.2) is 4.98 Å². The molecule has 0 saturated heterocycles. The summed E-state index contributed by atoms with van der Waals surface area (Å²) in [5, 5.41) is 1.22. The van der Waals surface area contributed by atoms with E-state index in [0.717, 1.165) is 42.7 Å². The van der Waals surface area contributed by atoms with E-state index >= 15 is 0 Å². The van der Waals surface area contributed by atoms with E-state index in [0.29, 0.717) is 0 Å². The third-order valence-electron chi connectivity index (χ3n) is 2.72. The highest BCUT2D eigenvalue weighted by molar-refractivity contribution is 9.10. The molecule has 1 nitrogen and oxygen atoms in total. The highest BCUT2D eigenvalue weighted by Gasteiger charge is 2.09. The zero-order valence-corrected chi connectivity index (χ0v) is 14.0. The minimum Gasteiger partial charge on any atom is -0.240 e. The average Bonchev–Trinajstić information content (AvgIpc) is 3.03. The molecule has 0 amide bonds. The molecule has 2 heterocycles. The zero-order chi connectivity index (χ0) is 14.1. The fourth-order valence-electron chi connectivity index (χ4n) is 1.82. The first-order chi connectivity index (χ1) is 9.61. The average molecular weight is 389 g/mol. The SMILES string of the molecule is Fc1cnc(-c2ccc(Cc3cc(Br)ccc3Cl)s2)s1. The summed E-state index contributed by atoms with van der Waals surface area (Å²) in [6.07, 6.45) is 2.02. The van der Waals surface area contributed by atoms with E-state index in [4.69, 9.17) is 11.6 Å². The van der Waals surface area contributed by atoms with Gasteiger partial charge in [0, 0.05) is 20.8 Å².